The molecule has 0 saturated heterocycles. The van der Waals surface area contributed by atoms with Crippen LogP contribution < -0.4 is 4.74 Å². The largest absolute Gasteiger partial charge is 0.465 e. The molecule has 0 aromatic heterocycles. The molecule has 0 spiro atoms. The molecule has 1 aromatic carbocycles. The highest BCUT2D eigenvalue weighted by Gasteiger charge is 1.90. The van der Waals surface area contributed by atoms with Crippen molar-refractivity contribution in [1.29, 1.82) is 0 Å². The Morgan fingerprint density at radius 3 is 2.42 bits per heavy atom. The van der Waals surface area contributed by atoms with E-state index >= 15 is 0 Å². The zero-order valence-electron chi connectivity index (χ0n) is 7.58. The molecule has 0 radical (unpaired) electrons. The molecule has 0 bridgehead atoms. The number of hydrogen-bond donors (Lipinski definition) is 0. The molecular weight excluding hydrogens is 148 g/mol. The second kappa shape index (κ2) is 4.60. The number of ether oxygens (including phenoxy) is 1. The van der Waals surface area contributed by atoms with E-state index in [1.165, 1.54) is 5.56 Å². The van der Waals surface area contributed by atoms with Gasteiger partial charge in [0.2, 0.25) is 0 Å². The summed E-state index contributed by atoms with van der Waals surface area (Å²) in [7, 11) is 0. The van der Waals surface area contributed by atoms with Gasteiger partial charge >= 0.3 is 0 Å². The number of rotatable bonds is 3. The van der Waals surface area contributed by atoms with E-state index in [-0.39, 0.29) is 0 Å². The van der Waals surface area contributed by atoms with Gasteiger partial charge in [0.15, 0.2) is 0 Å². The predicted molar refractivity (Wildman–Crippen MR) is 51.3 cm³/mol. The van der Waals surface area contributed by atoms with Gasteiger partial charge in [0.1, 0.15) is 5.75 Å². The Kier molecular flexibility index (Phi) is 3.39. The fourth-order valence-electron chi connectivity index (χ4n) is 0.950. The maximum absolute atomic E-state index is 5.27. The third-order valence-corrected chi connectivity index (χ3v) is 1.67. The van der Waals surface area contributed by atoms with Crippen LogP contribution in [-0.2, 0) is 6.42 Å². The highest BCUT2D eigenvalue weighted by molar-refractivity contribution is 5.27. The van der Waals surface area contributed by atoms with Gasteiger partial charge in [0, 0.05) is 0 Å². The molecule has 64 valence electrons. The van der Waals surface area contributed by atoms with Crippen LogP contribution >= 0.6 is 0 Å². The van der Waals surface area contributed by atoms with E-state index in [9.17, 15) is 0 Å². The van der Waals surface area contributed by atoms with Crippen LogP contribution in [0.25, 0.3) is 0 Å². The van der Waals surface area contributed by atoms with Gasteiger partial charge in [-0.15, -0.1) is 0 Å². The van der Waals surface area contributed by atoms with Gasteiger partial charge in [-0.05, 0) is 31.0 Å². The van der Waals surface area contributed by atoms with E-state index in [1.807, 2.05) is 25.1 Å². The monoisotopic (exact) mass is 162 g/mol. The highest BCUT2D eigenvalue weighted by atomic mass is 16.5. The van der Waals surface area contributed by atoms with Crippen molar-refractivity contribution < 1.29 is 4.74 Å². The molecule has 1 nitrogen and oxygen atoms in total. The summed E-state index contributed by atoms with van der Waals surface area (Å²) >= 11 is 0. The molecular formula is C11H14O. The molecule has 0 atom stereocenters. The van der Waals surface area contributed by atoms with Crippen LogP contribution in [-0.4, -0.2) is 0 Å². The predicted octanol–water partition coefficient (Wildman–Crippen LogP) is 3.16. The van der Waals surface area contributed by atoms with Gasteiger partial charge in [-0.3, -0.25) is 0 Å². The lowest BCUT2D eigenvalue weighted by atomic mass is 10.2. The van der Waals surface area contributed by atoms with Crippen molar-refractivity contribution in [2.75, 3.05) is 0 Å². The van der Waals surface area contributed by atoms with Crippen LogP contribution in [0.2, 0.25) is 0 Å². The summed E-state index contributed by atoms with van der Waals surface area (Å²) in [6, 6.07) is 8.13. The first kappa shape index (κ1) is 8.85. The number of benzene rings is 1. The number of hydrogen-bond acceptors (Lipinski definition) is 1. The van der Waals surface area contributed by atoms with E-state index in [2.05, 4.69) is 19.1 Å². The van der Waals surface area contributed by atoms with Gasteiger partial charge in [-0.2, -0.15) is 0 Å². The molecule has 12 heavy (non-hydrogen) atoms. The van der Waals surface area contributed by atoms with Gasteiger partial charge < -0.3 is 4.74 Å². The summed E-state index contributed by atoms with van der Waals surface area (Å²) in [5.74, 6) is 0.894. The van der Waals surface area contributed by atoms with Crippen molar-refractivity contribution in [2.24, 2.45) is 0 Å². The SMILES string of the molecule is C/C=C\Oc1ccc(CC)cc1. The Morgan fingerprint density at radius 2 is 1.92 bits per heavy atom. The van der Waals surface area contributed by atoms with Crippen molar-refractivity contribution in [3.05, 3.63) is 42.2 Å². The smallest absolute Gasteiger partial charge is 0.126 e. The molecule has 1 rings (SSSR count). The van der Waals surface area contributed by atoms with Gasteiger partial charge in [-0.1, -0.05) is 25.1 Å². The topological polar surface area (TPSA) is 9.23 Å². The molecule has 0 aliphatic rings. The second-order valence-corrected chi connectivity index (χ2v) is 2.58. The summed E-state index contributed by atoms with van der Waals surface area (Å²) < 4.78 is 5.27. The first-order valence-electron chi connectivity index (χ1n) is 4.23. The lowest BCUT2D eigenvalue weighted by molar-refractivity contribution is 0.480. The normalized spacial score (nSPS) is 10.5. The molecule has 0 N–H and O–H groups in total. The van der Waals surface area contributed by atoms with Crippen LogP contribution in [0.15, 0.2) is 36.6 Å². The van der Waals surface area contributed by atoms with Crippen LogP contribution in [0.1, 0.15) is 19.4 Å². The van der Waals surface area contributed by atoms with Crippen molar-refractivity contribution in [2.45, 2.75) is 20.3 Å². The Hall–Kier alpha value is -1.24. The minimum Gasteiger partial charge on any atom is -0.465 e. The molecule has 0 heterocycles. The quantitative estimate of drug-likeness (QED) is 0.620. The lowest BCUT2D eigenvalue weighted by Gasteiger charge is -2.00. The molecule has 0 saturated carbocycles. The van der Waals surface area contributed by atoms with E-state index in [4.69, 9.17) is 4.74 Å². The van der Waals surface area contributed by atoms with Crippen molar-refractivity contribution >= 4 is 0 Å². The van der Waals surface area contributed by atoms with Crippen LogP contribution in [0.3, 0.4) is 0 Å². The zero-order valence-corrected chi connectivity index (χ0v) is 7.58. The first-order valence-corrected chi connectivity index (χ1v) is 4.23. The molecule has 1 heteroatoms. The van der Waals surface area contributed by atoms with Crippen molar-refractivity contribution in [1.82, 2.24) is 0 Å². The second-order valence-electron chi connectivity index (χ2n) is 2.58. The fourth-order valence-corrected chi connectivity index (χ4v) is 0.950. The third kappa shape index (κ3) is 2.42. The summed E-state index contributed by atoms with van der Waals surface area (Å²) in [6.07, 6.45) is 4.62. The molecule has 0 amide bonds. The first-order chi connectivity index (χ1) is 5.86. The zero-order chi connectivity index (χ0) is 8.81. The minimum atomic E-state index is 0.894. The lowest BCUT2D eigenvalue weighted by Crippen LogP contribution is -1.82. The number of allylic oxidation sites excluding steroid dienone is 1. The number of aryl methyl sites for hydroxylation is 1. The third-order valence-electron chi connectivity index (χ3n) is 1.67. The van der Waals surface area contributed by atoms with Crippen LogP contribution in [0.5, 0.6) is 5.75 Å². The van der Waals surface area contributed by atoms with Crippen molar-refractivity contribution in [3.8, 4) is 5.75 Å². The van der Waals surface area contributed by atoms with Crippen LogP contribution in [0.4, 0.5) is 0 Å². The highest BCUT2D eigenvalue weighted by Crippen LogP contribution is 2.12. The summed E-state index contributed by atoms with van der Waals surface area (Å²) in [4.78, 5) is 0. The Morgan fingerprint density at radius 1 is 1.25 bits per heavy atom. The van der Waals surface area contributed by atoms with E-state index in [0.29, 0.717) is 0 Å². The molecule has 0 aliphatic heterocycles. The van der Waals surface area contributed by atoms with Crippen LogP contribution in [0, 0.1) is 0 Å². The van der Waals surface area contributed by atoms with Gasteiger partial charge in [0.25, 0.3) is 0 Å². The average molecular weight is 162 g/mol. The Balaban J connectivity index is 2.64. The van der Waals surface area contributed by atoms with Gasteiger partial charge in [0.05, 0.1) is 6.26 Å². The Labute approximate surface area is 73.7 Å². The fraction of sp³-hybridized carbons (Fsp3) is 0.273. The molecule has 0 fully saturated rings. The summed E-state index contributed by atoms with van der Waals surface area (Å²) in [6.45, 7) is 4.07. The standard InChI is InChI=1S/C11H14O/c1-3-9-12-11-7-5-10(4-2)6-8-11/h3,5-9H,4H2,1-2H3/b9-3-. The van der Waals surface area contributed by atoms with E-state index < -0.39 is 0 Å². The van der Waals surface area contributed by atoms with Crippen molar-refractivity contribution in [3.63, 3.8) is 0 Å². The maximum atomic E-state index is 5.27. The average Bonchev–Trinajstić information content (AvgIpc) is 2.15. The maximum Gasteiger partial charge on any atom is 0.126 e. The summed E-state index contributed by atoms with van der Waals surface area (Å²) in [5, 5.41) is 0. The molecule has 0 aliphatic carbocycles. The summed E-state index contributed by atoms with van der Waals surface area (Å²) in [5.41, 5.74) is 1.34. The molecule has 1 aromatic rings. The van der Waals surface area contributed by atoms with Gasteiger partial charge in [-0.25, -0.2) is 0 Å². The van der Waals surface area contributed by atoms with E-state index in [0.717, 1.165) is 12.2 Å². The van der Waals surface area contributed by atoms with E-state index in [1.54, 1.807) is 6.26 Å². The minimum absolute atomic E-state index is 0.894. The Bertz CT molecular complexity index is 246. The molecule has 0 unspecified atom stereocenters.